The van der Waals surface area contributed by atoms with E-state index in [0.29, 0.717) is 16.5 Å². The van der Waals surface area contributed by atoms with Crippen LogP contribution < -0.4 is 10.2 Å². The van der Waals surface area contributed by atoms with Gasteiger partial charge in [0.15, 0.2) is 5.43 Å². The first-order valence-electron chi connectivity index (χ1n) is 7.94. The summed E-state index contributed by atoms with van der Waals surface area (Å²) in [4.78, 5) is 35.7. The van der Waals surface area contributed by atoms with Crippen LogP contribution in [-0.2, 0) is 14.3 Å². The molecule has 6 heteroatoms. The fourth-order valence-corrected chi connectivity index (χ4v) is 3.48. The average Bonchev–Trinajstić information content (AvgIpc) is 2.61. The molecule has 0 fully saturated rings. The predicted molar refractivity (Wildman–Crippen MR) is 102 cm³/mol. The molecule has 1 aromatic heterocycles. The van der Waals surface area contributed by atoms with E-state index in [2.05, 4.69) is 6.58 Å². The molecule has 0 aliphatic heterocycles. The van der Waals surface area contributed by atoms with Gasteiger partial charge in [-0.25, -0.2) is 4.79 Å². The van der Waals surface area contributed by atoms with E-state index in [1.54, 1.807) is 24.3 Å². The van der Waals surface area contributed by atoms with Crippen LogP contribution in [0.4, 0.5) is 0 Å². The number of ether oxygens (including phenoxy) is 2. The maximum Gasteiger partial charge on any atom is 0.333 e. The summed E-state index contributed by atoms with van der Waals surface area (Å²) >= 11 is 1.46. The second kappa shape index (κ2) is 7.49. The molecule has 0 aliphatic carbocycles. The zero-order valence-corrected chi connectivity index (χ0v) is 14.9. The molecule has 132 valence electrons. The maximum atomic E-state index is 12.5. The van der Waals surface area contributed by atoms with E-state index in [0.717, 1.165) is 9.40 Å². The van der Waals surface area contributed by atoms with Gasteiger partial charge in [-0.1, -0.05) is 18.7 Å². The second-order valence-corrected chi connectivity index (χ2v) is 6.81. The molecule has 0 amide bonds. The van der Waals surface area contributed by atoms with Gasteiger partial charge in [-0.05, 0) is 37.3 Å². The standard InChI is InChI=1S/C20H16O5S/c1-12(2)20(23)24-10-9-18(21)25-13-7-8-15-17(11-13)26-16-6-4-3-5-14(16)19(15)22/h3-8,11H,1,9-10H2,2H3. The summed E-state index contributed by atoms with van der Waals surface area (Å²) in [6.45, 7) is 4.92. The minimum Gasteiger partial charge on any atom is -0.462 e. The largest absolute Gasteiger partial charge is 0.462 e. The van der Waals surface area contributed by atoms with E-state index in [-0.39, 0.29) is 24.0 Å². The monoisotopic (exact) mass is 368 g/mol. The van der Waals surface area contributed by atoms with Gasteiger partial charge >= 0.3 is 11.9 Å². The van der Waals surface area contributed by atoms with Gasteiger partial charge < -0.3 is 9.47 Å². The van der Waals surface area contributed by atoms with Gasteiger partial charge in [0.05, 0.1) is 6.42 Å². The Hall–Kier alpha value is -2.99. The van der Waals surface area contributed by atoms with Crippen LogP contribution in [-0.4, -0.2) is 18.5 Å². The molecule has 3 rings (SSSR count). The summed E-state index contributed by atoms with van der Waals surface area (Å²) in [6, 6.07) is 12.3. The molecule has 0 spiro atoms. The molecule has 26 heavy (non-hydrogen) atoms. The van der Waals surface area contributed by atoms with Gasteiger partial charge in [0.25, 0.3) is 0 Å². The molecular weight excluding hydrogens is 352 g/mol. The van der Waals surface area contributed by atoms with Gasteiger partial charge in [-0.15, -0.1) is 11.3 Å². The first-order valence-corrected chi connectivity index (χ1v) is 8.76. The highest BCUT2D eigenvalue weighted by Crippen LogP contribution is 2.27. The Morgan fingerprint density at radius 1 is 1.08 bits per heavy atom. The number of benzene rings is 2. The van der Waals surface area contributed by atoms with E-state index < -0.39 is 11.9 Å². The number of carbonyl (C=O) groups excluding carboxylic acids is 2. The molecule has 3 aromatic rings. The van der Waals surface area contributed by atoms with Crippen LogP contribution in [0.5, 0.6) is 5.75 Å². The SMILES string of the molecule is C=C(C)C(=O)OCCC(=O)Oc1ccc2c(=O)c3ccccc3sc2c1. The van der Waals surface area contributed by atoms with Crippen molar-refractivity contribution in [2.45, 2.75) is 13.3 Å². The summed E-state index contributed by atoms with van der Waals surface area (Å²) in [5.41, 5.74) is 0.231. The summed E-state index contributed by atoms with van der Waals surface area (Å²) in [5, 5.41) is 1.26. The lowest BCUT2D eigenvalue weighted by atomic mass is 10.2. The number of hydrogen-bond acceptors (Lipinski definition) is 6. The zero-order valence-electron chi connectivity index (χ0n) is 14.1. The van der Waals surface area contributed by atoms with E-state index in [9.17, 15) is 14.4 Å². The molecule has 0 aliphatic rings. The fraction of sp³-hybridized carbons (Fsp3) is 0.150. The van der Waals surface area contributed by atoms with Crippen molar-refractivity contribution >= 4 is 43.4 Å². The van der Waals surface area contributed by atoms with Crippen LogP contribution in [0.15, 0.2) is 59.4 Å². The molecule has 5 nitrogen and oxygen atoms in total. The normalized spacial score (nSPS) is 10.7. The summed E-state index contributed by atoms with van der Waals surface area (Å²) in [5.74, 6) is -0.716. The highest BCUT2D eigenvalue weighted by atomic mass is 32.1. The van der Waals surface area contributed by atoms with Crippen LogP contribution in [0.1, 0.15) is 13.3 Å². The van der Waals surface area contributed by atoms with E-state index in [1.165, 1.54) is 18.3 Å². The lowest BCUT2D eigenvalue weighted by Gasteiger charge is -2.07. The predicted octanol–water partition coefficient (Wildman–Crippen LogP) is 3.83. The molecule has 0 bridgehead atoms. The first kappa shape index (κ1) is 17.8. The molecule has 0 unspecified atom stereocenters. The summed E-state index contributed by atoms with van der Waals surface area (Å²) in [7, 11) is 0. The average molecular weight is 368 g/mol. The third kappa shape index (κ3) is 3.81. The number of rotatable bonds is 5. The lowest BCUT2D eigenvalue weighted by molar-refractivity contribution is -0.142. The van der Waals surface area contributed by atoms with E-state index in [1.807, 2.05) is 18.2 Å². The van der Waals surface area contributed by atoms with E-state index in [4.69, 9.17) is 9.47 Å². The summed E-state index contributed by atoms with van der Waals surface area (Å²) < 4.78 is 11.8. The Morgan fingerprint density at radius 3 is 2.58 bits per heavy atom. The van der Waals surface area contributed by atoms with Gasteiger partial charge in [-0.2, -0.15) is 0 Å². The summed E-state index contributed by atoms with van der Waals surface area (Å²) in [6.07, 6.45) is -0.0645. The van der Waals surface area contributed by atoms with E-state index >= 15 is 0 Å². The van der Waals surface area contributed by atoms with Crippen molar-refractivity contribution in [3.05, 3.63) is 64.8 Å². The third-order valence-corrected chi connectivity index (χ3v) is 4.80. The van der Waals surface area contributed by atoms with Crippen molar-refractivity contribution in [1.82, 2.24) is 0 Å². The number of hydrogen-bond donors (Lipinski definition) is 0. The molecule has 0 saturated heterocycles. The molecule has 1 heterocycles. The van der Waals surface area contributed by atoms with Crippen LogP contribution in [0, 0.1) is 0 Å². The van der Waals surface area contributed by atoms with Gasteiger partial charge in [-0.3, -0.25) is 9.59 Å². The van der Waals surface area contributed by atoms with Crippen molar-refractivity contribution < 1.29 is 19.1 Å². The highest BCUT2D eigenvalue weighted by molar-refractivity contribution is 7.24. The molecular formula is C20H16O5S. The van der Waals surface area contributed by atoms with Crippen molar-refractivity contribution in [3.8, 4) is 5.75 Å². The van der Waals surface area contributed by atoms with Crippen LogP contribution in [0.2, 0.25) is 0 Å². The highest BCUT2D eigenvalue weighted by Gasteiger charge is 2.11. The second-order valence-electron chi connectivity index (χ2n) is 5.73. The van der Waals surface area contributed by atoms with Crippen molar-refractivity contribution in [2.75, 3.05) is 6.61 Å². The molecule has 0 N–H and O–H groups in total. The Balaban J connectivity index is 1.76. The number of carbonyl (C=O) groups is 2. The molecule has 2 aromatic carbocycles. The first-order chi connectivity index (χ1) is 12.5. The van der Waals surface area contributed by atoms with Gasteiger partial charge in [0.1, 0.15) is 12.4 Å². The quantitative estimate of drug-likeness (QED) is 0.296. The smallest absolute Gasteiger partial charge is 0.333 e. The van der Waals surface area contributed by atoms with Crippen LogP contribution in [0.25, 0.3) is 20.2 Å². The van der Waals surface area contributed by atoms with Crippen molar-refractivity contribution in [2.24, 2.45) is 0 Å². The van der Waals surface area contributed by atoms with Crippen molar-refractivity contribution in [1.29, 1.82) is 0 Å². The minimum atomic E-state index is -0.542. The zero-order chi connectivity index (χ0) is 18.7. The Labute approximate surface area is 153 Å². The third-order valence-electron chi connectivity index (χ3n) is 3.67. The fourth-order valence-electron chi connectivity index (χ4n) is 2.38. The van der Waals surface area contributed by atoms with Crippen LogP contribution >= 0.6 is 11.3 Å². The molecule has 0 atom stereocenters. The lowest BCUT2D eigenvalue weighted by Crippen LogP contribution is -2.14. The van der Waals surface area contributed by atoms with Gasteiger partial charge in [0, 0.05) is 25.7 Å². The van der Waals surface area contributed by atoms with Gasteiger partial charge in [0.2, 0.25) is 0 Å². The maximum absolute atomic E-state index is 12.5. The Kier molecular flexibility index (Phi) is 5.14. The molecule has 0 radical (unpaired) electrons. The van der Waals surface area contributed by atoms with Crippen molar-refractivity contribution in [3.63, 3.8) is 0 Å². The Morgan fingerprint density at radius 2 is 1.81 bits per heavy atom. The van der Waals surface area contributed by atoms with Crippen LogP contribution in [0.3, 0.4) is 0 Å². The molecule has 0 saturated carbocycles. The topological polar surface area (TPSA) is 69.7 Å². The Bertz CT molecular complexity index is 1080. The number of esters is 2. The minimum absolute atomic E-state index is 0.0427. The number of fused-ring (bicyclic) bond motifs is 2.